The highest BCUT2D eigenvalue weighted by molar-refractivity contribution is 5.93. The highest BCUT2D eigenvalue weighted by Crippen LogP contribution is 2.16. The Morgan fingerprint density at radius 3 is 2.35 bits per heavy atom. The quantitative estimate of drug-likeness (QED) is 0.677. The van der Waals surface area contributed by atoms with E-state index in [0.29, 0.717) is 25.9 Å². The van der Waals surface area contributed by atoms with Crippen molar-refractivity contribution in [2.75, 3.05) is 18.0 Å². The van der Waals surface area contributed by atoms with Gasteiger partial charge in [-0.3, -0.25) is 9.59 Å². The van der Waals surface area contributed by atoms with Crippen LogP contribution in [0.5, 0.6) is 0 Å². The van der Waals surface area contributed by atoms with E-state index in [1.165, 1.54) is 0 Å². The van der Waals surface area contributed by atoms with Gasteiger partial charge in [0, 0.05) is 25.1 Å². The van der Waals surface area contributed by atoms with Crippen molar-refractivity contribution in [2.45, 2.75) is 32.1 Å². The minimum Gasteiger partial charge on any atom is -0.481 e. The molecule has 0 fully saturated rings. The van der Waals surface area contributed by atoms with Gasteiger partial charge >= 0.3 is 5.97 Å². The molecular weight excluding hydrogens is 256 g/mol. The molecule has 5 nitrogen and oxygen atoms in total. The van der Waals surface area contributed by atoms with Gasteiger partial charge in [-0.2, -0.15) is 0 Å². The molecule has 1 amide bonds. The molecule has 110 valence electrons. The summed E-state index contributed by atoms with van der Waals surface area (Å²) < 4.78 is 0. The summed E-state index contributed by atoms with van der Waals surface area (Å²) in [5.74, 6) is -0.816. The van der Waals surface area contributed by atoms with Gasteiger partial charge in [0.15, 0.2) is 0 Å². The van der Waals surface area contributed by atoms with E-state index >= 15 is 0 Å². The number of hydrogen-bond donors (Lipinski definition) is 2. The lowest BCUT2D eigenvalue weighted by molar-refractivity contribution is -0.137. The largest absolute Gasteiger partial charge is 0.481 e. The zero-order valence-electron chi connectivity index (χ0n) is 11.6. The molecule has 0 atom stereocenters. The number of rotatable bonds is 9. The van der Waals surface area contributed by atoms with Crippen LogP contribution in [0.2, 0.25) is 0 Å². The number of hydrogen-bond acceptors (Lipinski definition) is 3. The van der Waals surface area contributed by atoms with Gasteiger partial charge in [0.25, 0.3) is 0 Å². The minimum absolute atomic E-state index is 0.0232. The maximum atomic E-state index is 12.2. The van der Waals surface area contributed by atoms with Gasteiger partial charge in [-0.1, -0.05) is 18.2 Å². The number of carbonyl (C=O) groups excluding carboxylic acids is 1. The van der Waals surface area contributed by atoms with Crippen molar-refractivity contribution in [1.29, 1.82) is 0 Å². The van der Waals surface area contributed by atoms with Gasteiger partial charge in [-0.15, -0.1) is 0 Å². The van der Waals surface area contributed by atoms with Crippen molar-refractivity contribution in [3.8, 4) is 0 Å². The molecule has 1 aromatic rings. The van der Waals surface area contributed by atoms with E-state index in [-0.39, 0.29) is 12.3 Å². The minimum atomic E-state index is -0.839. The average molecular weight is 278 g/mol. The third-order valence-electron chi connectivity index (χ3n) is 2.99. The summed E-state index contributed by atoms with van der Waals surface area (Å²) in [6.45, 7) is 1.01. The summed E-state index contributed by atoms with van der Waals surface area (Å²) in [4.78, 5) is 24.5. The van der Waals surface area contributed by atoms with Crippen LogP contribution >= 0.6 is 0 Å². The molecule has 0 aliphatic carbocycles. The number of carboxylic acids is 1. The molecular formula is C15H22N2O3. The van der Waals surface area contributed by atoms with Crippen molar-refractivity contribution >= 4 is 17.6 Å². The van der Waals surface area contributed by atoms with Crippen LogP contribution in [0.25, 0.3) is 0 Å². The molecule has 20 heavy (non-hydrogen) atoms. The first-order valence-corrected chi connectivity index (χ1v) is 6.92. The van der Waals surface area contributed by atoms with Gasteiger partial charge < -0.3 is 15.7 Å². The van der Waals surface area contributed by atoms with E-state index in [1.54, 1.807) is 4.90 Å². The Hall–Kier alpha value is -1.88. The fraction of sp³-hybridized carbons (Fsp3) is 0.467. The Morgan fingerprint density at radius 1 is 1.05 bits per heavy atom. The first kappa shape index (κ1) is 16.2. The lowest BCUT2D eigenvalue weighted by atomic mass is 10.2. The summed E-state index contributed by atoms with van der Waals surface area (Å²) in [6.07, 6.45) is 2.55. The molecule has 5 heteroatoms. The van der Waals surface area contributed by atoms with Crippen LogP contribution in [0, 0.1) is 0 Å². The lowest BCUT2D eigenvalue weighted by Gasteiger charge is -2.22. The topological polar surface area (TPSA) is 83.6 Å². The number of carboxylic acid groups (broad SMARTS) is 1. The molecule has 0 aliphatic rings. The molecule has 0 aromatic heterocycles. The zero-order valence-corrected chi connectivity index (χ0v) is 11.6. The van der Waals surface area contributed by atoms with E-state index < -0.39 is 5.97 Å². The third kappa shape index (κ3) is 5.84. The van der Waals surface area contributed by atoms with Gasteiger partial charge in [0.2, 0.25) is 5.91 Å². The SMILES string of the molecule is NCCCCC(=O)N(CCCC(=O)O)c1ccccc1. The number of benzene rings is 1. The highest BCUT2D eigenvalue weighted by Gasteiger charge is 2.15. The number of para-hydroxylation sites is 1. The number of nitrogens with two attached hydrogens (primary N) is 1. The smallest absolute Gasteiger partial charge is 0.303 e. The first-order chi connectivity index (χ1) is 9.65. The van der Waals surface area contributed by atoms with Gasteiger partial charge in [0.1, 0.15) is 0 Å². The third-order valence-corrected chi connectivity index (χ3v) is 2.99. The van der Waals surface area contributed by atoms with E-state index in [0.717, 1.165) is 18.5 Å². The Morgan fingerprint density at radius 2 is 1.75 bits per heavy atom. The van der Waals surface area contributed by atoms with Crippen molar-refractivity contribution in [2.24, 2.45) is 5.73 Å². The molecule has 0 spiro atoms. The summed E-state index contributed by atoms with van der Waals surface area (Å²) in [5.41, 5.74) is 6.24. The van der Waals surface area contributed by atoms with Crippen molar-refractivity contribution < 1.29 is 14.7 Å². The van der Waals surface area contributed by atoms with Crippen LogP contribution in [0.4, 0.5) is 5.69 Å². The second kappa shape index (κ2) is 9.09. The van der Waals surface area contributed by atoms with E-state index in [9.17, 15) is 9.59 Å². The summed E-state index contributed by atoms with van der Waals surface area (Å²) in [7, 11) is 0. The van der Waals surface area contributed by atoms with Crippen LogP contribution in [-0.4, -0.2) is 30.1 Å². The first-order valence-electron chi connectivity index (χ1n) is 6.92. The normalized spacial score (nSPS) is 10.2. The fourth-order valence-corrected chi connectivity index (χ4v) is 1.95. The monoisotopic (exact) mass is 278 g/mol. The molecule has 0 aliphatic heterocycles. The number of aliphatic carboxylic acids is 1. The van der Waals surface area contributed by atoms with E-state index in [1.807, 2.05) is 30.3 Å². The number of unbranched alkanes of at least 4 members (excludes halogenated alkanes) is 1. The predicted octanol–water partition coefficient (Wildman–Crippen LogP) is 2.01. The Labute approximate surface area is 119 Å². The van der Waals surface area contributed by atoms with Crippen LogP contribution < -0.4 is 10.6 Å². The Balaban J connectivity index is 2.63. The molecule has 0 heterocycles. The van der Waals surface area contributed by atoms with Gasteiger partial charge in [-0.05, 0) is 37.9 Å². The maximum absolute atomic E-state index is 12.2. The predicted molar refractivity (Wildman–Crippen MR) is 78.6 cm³/mol. The maximum Gasteiger partial charge on any atom is 0.303 e. The summed E-state index contributed by atoms with van der Waals surface area (Å²) in [5, 5.41) is 8.69. The van der Waals surface area contributed by atoms with Gasteiger partial charge in [0.05, 0.1) is 0 Å². The molecule has 1 aromatic carbocycles. The summed E-state index contributed by atoms with van der Waals surface area (Å²) in [6, 6.07) is 9.35. The summed E-state index contributed by atoms with van der Waals surface area (Å²) >= 11 is 0. The van der Waals surface area contributed by atoms with Crippen LogP contribution in [0.15, 0.2) is 30.3 Å². The second-order valence-corrected chi connectivity index (χ2v) is 4.62. The van der Waals surface area contributed by atoms with E-state index in [4.69, 9.17) is 10.8 Å². The van der Waals surface area contributed by atoms with Crippen LogP contribution in [-0.2, 0) is 9.59 Å². The Bertz CT molecular complexity index is 420. The lowest BCUT2D eigenvalue weighted by Crippen LogP contribution is -2.32. The molecule has 0 bridgehead atoms. The van der Waals surface area contributed by atoms with Crippen LogP contribution in [0.3, 0.4) is 0 Å². The molecule has 1 rings (SSSR count). The number of amides is 1. The van der Waals surface area contributed by atoms with Crippen molar-refractivity contribution in [3.05, 3.63) is 30.3 Å². The Kier molecular flexibility index (Phi) is 7.35. The molecule has 0 saturated heterocycles. The second-order valence-electron chi connectivity index (χ2n) is 4.62. The number of carbonyl (C=O) groups is 2. The molecule has 3 N–H and O–H groups in total. The van der Waals surface area contributed by atoms with Crippen molar-refractivity contribution in [3.63, 3.8) is 0 Å². The van der Waals surface area contributed by atoms with Gasteiger partial charge in [-0.25, -0.2) is 0 Å². The molecule has 0 unspecified atom stereocenters. The standard InChI is InChI=1S/C15H22N2O3/c16-11-5-4-9-14(18)17(12-6-10-15(19)20)13-7-2-1-3-8-13/h1-3,7-8H,4-6,9-12,16H2,(H,19,20). The fourth-order valence-electron chi connectivity index (χ4n) is 1.95. The number of nitrogens with zero attached hydrogens (tertiary/aromatic N) is 1. The van der Waals surface area contributed by atoms with Crippen LogP contribution in [0.1, 0.15) is 32.1 Å². The zero-order chi connectivity index (χ0) is 14.8. The van der Waals surface area contributed by atoms with E-state index in [2.05, 4.69) is 0 Å². The van der Waals surface area contributed by atoms with Crippen molar-refractivity contribution in [1.82, 2.24) is 0 Å². The average Bonchev–Trinajstić information content (AvgIpc) is 2.44. The number of anilines is 1. The highest BCUT2D eigenvalue weighted by atomic mass is 16.4. The molecule has 0 radical (unpaired) electrons. The molecule has 0 saturated carbocycles.